The molecule has 1 aliphatic heterocycles. The molecule has 0 amide bonds. The van der Waals surface area contributed by atoms with Crippen molar-refractivity contribution < 1.29 is 14.6 Å². The van der Waals surface area contributed by atoms with Crippen LogP contribution in [0.2, 0.25) is 0 Å². The quantitative estimate of drug-likeness (QED) is 0.454. The molecule has 6 heteroatoms. The summed E-state index contributed by atoms with van der Waals surface area (Å²) in [5.41, 5.74) is 2.33. The van der Waals surface area contributed by atoms with E-state index in [1.807, 2.05) is 27.7 Å². The van der Waals surface area contributed by atoms with Gasteiger partial charge in [-0.05, 0) is 57.9 Å². The van der Waals surface area contributed by atoms with Crippen LogP contribution in [-0.4, -0.2) is 29.8 Å². The maximum absolute atomic E-state index is 13.7. The fourth-order valence-electron chi connectivity index (χ4n) is 4.39. The maximum Gasteiger partial charge on any atom is 0.337 e. The first-order valence-corrected chi connectivity index (χ1v) is 11.5. The fraction of sp³-hybridized carbons (Fsp3) is 0.696. The summed E-state index contributed by atoms with van der Waals surface area (Å²) >= 11 is 1.48. The summed E-state index contributed by atoms with van der Waals surface area (Å²) in [6, 6.07) is 0. The molecule has 2 heterocycles. The first-order chi connectivity index (χ1) is 13.3. The SMILES string of the molecule is Cc1sc([N+]2([O-])CCCC2)c(C2=CCC(C)(C)CC2)c1C(OC(C)(C)C)C(=O)O. The van der Waals surface area contributed by atoms with Crippen LogP contribution in [0.1, 0.15) is 88.8 Å². The number of rotatable bonds is 5. The molecule has 5 nitrogen and oxygen atoms in total. The molecule has 1 aliphatic carbocycles. The van der Waals surface area contributed by atoms with Crippen LogP contribution in [0.4, 0.5) is 5.00 Å². The topological polar surface area (TPSA) is 69.6 Å². The van der Waals surface area contributed by atoms with E-state index in [0.29, 0.717) is 18.7 Å². The number of hydrogen-bond donors (Lipinski definition) is 1. The largest absolute Gasteiger partial charge is 0.627 e. The highest BCUT2D eigenvalue weighted by atomic mass is 32.1. The summed E-state index contributed by atoms with van der Waals surface area (Å²) in [4.78, 5) is 13.1. The van der Waals surface area contributed by atoms with Crippen molar-refractivity contribution in [2.24, 2.45) is 5.41 Å². The Labute approximate surface area is 178 Å². The van der Waals surface area contributed by atoms with Crippen molar-refractivity contribution in [3.8, 4) is 0 Å². The molecule has 1 unspecified atom stereocenters. The number of carboxylic acid groups (broad SMARTS) is 1. The Balaban J connectivity index is 2.19. The van der Waals surface area contributed by atoms with Crippen LogP contribution in [0.5, 0.6) is 0 Å². The molecular formula is C23H35NO4S. The predicted molar refractivity (Wildman–Crippen MR) is 120 cm³/mol. The highest BCUT2D eigenvalue weighted by Gasteiger charge is 2.40. The molecule has 162 valence electrons. The summed E-state index contributed by atoms with van der Waals surface area (Å²) in [5, 5.41) is 24.5. The lowest BCUT2D eigenvalue weighted by molar-refractivity contribution is -0.160. The average Bonchev–Trinajstić information content (AvgIpc) is 3.17. The zero-order chi connectivity index (χ0) is 21.6. The average molecular weight is 422 g/mol. The highest BCUT2D eigenvalue weighted by molar-refractivity contribution is 7.16. The van der Waals surface area contributed by atoms with E-state index in [-0.39, 0.29) is 10.1 Å². The van der Waals surface area contributed by atoms with Gasteiger partial charge in [-0.3, -0.25) is 0 Å². The zero-order valence-electron chi connectivity index (χ0n) is 18.6. The van der Waals surface area contributed by atoms with Crippen LogP contribution in [0, 0.1) is 17.5 Å². The lowest BCUT2D eigenvalue weighted by Gasteiger charge is -2.38. The molecule has 1 aromatic rings. The minimum absolute atomic E-state index is 0.236. The third-order valence-electron chi connectivity index (χ3n) is 6.02. The zero-order valence-corrected chi connectivity index (χ0v) is 19.4. The van der Waals surface area contributed by atoms with Gasteiger partial charge in [0.05, 0.1) is 24.3 Å². The third-order valence-corrected chi connectivity index (χ3v) is 7.28. The number of ether oxygens (including phenoxy) is 1. The maximum atomic E-state index is 13.7. The van der Waals surface area contributed by atoms with Crippen LogP contribution in [0.15, 0.2) is 6.08 Å². The van der Waals surface area contributed by atoms with Gasteiger partial charge in [-0.15, -0.1) is 0 Å². The van der Waals surface area contributed by atoms with E-state index in [4.69, 9.17) is 4.74 Å². The molecule has 1 aromatic heterocycles. The van der Waals surface area contributed by atoms with Crippen LogP contribution in [0.3, 0.4) is 0 Å². The van der Waals surface area contributed by atoms with Crippen molar-refractivity contribution in [2.45, 2.75) is 85.4 Å². The summed E-state index contributed by atoms with van der Waals surface area (Å²) in [6.07, 6.45) is 5.84. The smallest absolute Gasteiger partial charge is 0.337 e. The Morgan fingerprint density at radius 1 is 1.31 bits per heavy atom. The summed E-state index contributed by atoms with van der Waals surface area (Å²) in [6.45, 7) is 13.2. The lowest BCUT2D eigenvalue weighted by atomic mass is 9.76. The molecule has 1 atom stereocenters. The number of allylic oxidation sites excluding steroid dienone is 2. The van der Waals surface area contributed by atoms with E-state index in [2.05, 4.69) is 19.9 Å². The first-order valence-electron chi connectivity index (χ1n) is 10.6. The third kappa shape index (κ3) is 4.76. The van der Waals surface area contributed by atoms with E-state index in [1.165, 1.54) is 11.3 Å². The number of nitrogens with zero attached hydrogens (tertiary/aromatic N) is 1. The van der Waals surface area contributed by atoms with E-state index in [1.54, 1.807) is 0 Å². The lowest BCUT2D eigenvalue weighted by Crippen LogP contribution is -2.39. The number of carboxylic acids is 1. The van der Waals surface area contributed by atoms with Crippen molar-refractivity contribution in [1.82, 2.24) is 4.65 Å². The standard InChI is InChI=1S/C23H35NO4S/c1-15-17(19(21(25)26)28-22(2,3)4)18(16-9-11-23(5,6)12-10-16)20(29-15)24(27)13-7-8-14-24/h9,19H,7-8,10-14H2,1-6H3,(H,25,26). The molecule has 0 bridgehead atoms. The van der Waals surface area contributed by atoms with Crippen molar-refractivity contribution in [1.29, 1.82) is 0 Å². The molecule has 1 N–H and O–H groups in total. The highest BCUT2D eigenvalue weighted by Crippen LogP contribution is 2.51. The van der Waals surface area contributed by atoms with Crippen molar-refractivity contribution in [3.63, 3.8) is 0 Å². The van der Waals surface area contributed by atoms with Gasteiger partial charge in [-0.2, -0.15) is 0 Å². The van der Waals surface area contributed by atoms with Gasteiger partial charge in [0.15, 0.2) is 11.1 Å². The second kappa shape index (κ2) is 7.80. The van der Waals surface area contributed by atoms with Gasteiger partial charge in [-0.25, -0.2) is 4.79 Å². The van der Waals surface area contributed by atoms with E-state index < -0.39 is 17.7 Å². The number of hydrogen-bond acceptors (Lipinski definition) is 4. The van der Waals surface area contributed by atoms with Crippen LogP contribution in [-0.2, 0) is 9.53 Å². The van der Waals surface area contributed by atoms with Crippen molar-refractivity contribution in [3.05, 3.63) is 27.3 Å². The Bertz CT molecular complexity index is 810. The number of carbonyl (C=O) groups is 1. The molecule has 0 spiro atoms. The minimum Gasteiger partial charge on any atom is -0.627 e. The molecule has 0 radical (unpaired) electrons. The minimum atomic E-state index is -1.07. The Kier molecular flexibility index (Phi) is 6.05. The number of quaternary nitrogens is 1. The Morgan fingerprint density at radius 3 is 2.41 bits per heavy atom. The van der Waals surface area contributed by atoms with Gasteiger partial charge in [0, 0.05) is 23.3 Å². The molecule has 0 saturated carbocycles. The second-order valence-electron chi connectivity index (χ2n) is 10.3. The van der Waals surface area contributed by atoms with Crippen LogP contribution >= 0.6 is 11.3 Å². The van der Waals surface area contributed by atoms with Gasteiger partial charge in [-0.1, -0.05) is 31.3 Å². The molecular weight excluding hydrogens is 386 g/mol. The molecule has 1 fully saturated rings. The molecule has 1 saturated heterocycles. The summed E-state index contributed by atoms with van der Waals surface area (Å²) in [5.74, 6) is -0.996. The molecule has 29 heavy (non-hydrogen) atoms. The van der Waals surface area contributed by atoms with E-state index >= 15 is 0 Å². The molecule has 0 aromatic carbocycles. The number of hydroxylamine groups is 2. The van der Waals surface area contributed by atoms with Crippen molar-refractivity contribution >= 4 is 27.9 Å². The van der Waals surface area contributed by atoms with Gasteiger partial charge in [0.1, 0.15) is 0 Å². The van der Waals surface area contributed by atoms with E-state index in [9.17, 15) is 15.1 Å². The van der Waals surface area contributed by atoms with Gasteiger partial charge in [0.2, 0.25) is 0 Å². The summed E-state index contributed by atoms with van der Waals surface area (Å²) in [7, 11) is 0. The predicted octanol–water partition coefficient (Wildman–Crippen LogP) is 6.19. The number of aliphatic carboxylic acids is 1. The van der Waals surface area contributed by atoms with E-state index in [0.717, 1.165) is 53.1 Å². The van der Waals surface area contributed by atoms with Crippen LogP contribution < -0.4 is 4.65 Å². The second-order valence-corrected chi connectivity index (χ2v) is 11.5. The molecule has 3 rings (SSSR count). The Hall–Kier alpha value is -1.21. The van der Waals surface area contributed by atoms with Crippen molar-refractivity contribution in [2.75, 3.05) is 13.1 Å². The fourth-order valence-corrected chi connectivity index (χ4v) is 5.70. The number of thiophene rings is 1. The first kappa shape index (κ1) is 22.5. The van der Waals surface area contributed by atoms with Gasteiger partial charge in [0.25, 0.3) is 0 Å². The number of aryl methyl sites for hydroxylation is 1. The Morgan fingerprint density at radius 2 is 1.93 bits per heavy atom. The summed E-state index contributed by atoms with van der Waals surface area (Å²) < 4.78 is 5.69. The van der Waals surface area contributed by atoms with Crippen LogP contribution in [0.25, 0.3) is 5.57 Å². The van der Waals surface area contributed by atoms with Gasteiger partial charge >= 0.3 is 5.97 Å². The molecule has 2 aliphatic rings. The van der Waals surface area contributed by atoms with Gasteiger partial charge < -0.3 is 19.7 Å². The normalized spacial score (nSPS) is 22.4. The monoisotopic (exact) mass is 421 g/mol.